The Bertz CT molecular complexity index is 940. The Hall–Kier alpha value is -3.15. The number of nitrogens with zero attached hydrogens (tertiary/aromatic N) is 1. The first-order valence-electron chi connectivity index (χ1n) is 7.07. The second-order valence-electron chi connectivity index (χ2n) is 5.07. The van der Waals surface area contributed by atoms with Crippen LogP contribution in [0, 0.1) is 5.82 Å². The molecule has 0 spiro atoms. The van der Waals surface area contributed by atoms with E-state index < -0.39 is 11.8 Å². The monoisotopic (exact) mass is 326 g/mol. The lowest BCUT2D eigenvalue weighted by molar-refractivity contribution is -0.254. The van der Waals surface area contributed by atoms with E-state index in [0.29, 0.717) is 28.3 Å². The summed E-state index contributed by atoms with van der Waals surface area (Å²) in [7, 11) is 3.03. The standard InChI is InChI=1S/C18H14FNO4/c1-23-16-6-3-10(7-17(16)24-2)15-9-13(18(21)22)12-8-11(19)4-5-14(12)20-15/h3-9H,1-2H3,(H,21,22)/p-1. The molecule has 0 bridgehead atoms. The van der Waals surface area contributed by atoms with Gasteiger partial charge in [0.2, 0.25) is 0 Å². The molecule has 0 saturated heterocycles. The van der Waals surface area contributed by atoms with Crippen molar-refractivity contribution < 1.29 is 23.8 Å². The average Bonchev–Trinajstić information content (AvgIpc) is 2.60. The first-order valence-corrected chi connectivity index (χ1v) is 7.07. The highest BCUT2D eigenvalue weighted by molar-refractivity contribution is 6.02. The number of pyridine rings is 1. The molecule has 0 aliphatic rings. The number of ether oxygens (including phenoxy) is 2. The van der Waals surface area contributed by atoms with Gasteiger partial charge in [-0.25, -0.2) is 9.37 Å². The van der Waals surface area contributed by atoms with Gasteiger partial charge in [-0.3, -0.25) is 0 Å². The molecule has 0 unspecified atom stereocenters. The first kappa shape index (κ1) is 15.7. The fourth-order valence-electron chi connectivity index (χ4n) is 2.51. The average molecular weight is 326 g/mol. The minimum absolute atomic E-state index is 0.121. The van der Waals surface area contributed by atoms with Crippen LogP contribution >= 0.6 is 0 Å². The molecule has 0 saturated carbocycles. The molecular formula is C18H13FNO4-. The van der Waals surface area contributed by atoms with Crippen LogP contribution in [-0.2, 0) is 0 Å². The van der Waals surface area contributed by atoms with Gasteiger partial charge < -0.3 is 19.4 Å². The predicted molar refractivity (Wildman–Crippen MR) is 84.6 cm³/mol. The van der Waals surface area contributed by atoms with Crippen LogP contribution in [0.25, 0.3) is 22.2 Å². The molecule has 1 aromatic heterocycles. The Morgan fingerprint density at radius 2 is 1.79 bits per heavy atom. The molecule has 0 amide bonds. The number of rotatable bonds is 4. The second kappa shape index (κ2) is 6.16. The van der Waals surface area contributed by atoms with Crippen LogP contribution in [0.2, 0.25) is 0 Å². The summed E-state index contributed by atoms with van der Waals surface area (Å²) in [6.07, 6.45) is 0. The highest BCUT2D eigenvalue weighted by Crippen LogP contribution is 2.33. The van der Waals surface area contributed by atoms with E-state index in [0.717, 1.165) is 6.07 Å². The summed E-state index contributed by atoms with van der Waals surface area (Å²) in [5.41, 5.74) is 1.29. The summed E-state index contributed by atoms with van der Waals surface area (Å²) in [5.74, 6) is -0.893. The zero-order valence-corrected chi connectivity index (χ0v) is 13.0. The summed E-state index contributed by atoms with van der Waals surface area (Å²) in [4.78, 5) is 15.8. The molecule has 0 atom stereocenters. The van der Waals surface area contributed by atoms with Crippen molar-refractivity contribution in [3.63, 3.8) is 0 Å². The van der Waals surface area contributed by atoms with Crippen molar-refractivity contribution in [2.75, 3.05) is 14.2 Å². The number of carboxylic acids is 1. The van der Waals surface area contributed by atoms with Gasteiger partial charge in [-0.2, -0.15) is 0 Å². The van der Waals surface area contributed by atoms with Gasteiger partial charge >= 0.3 is 0 Å². The van der Waals surface area contributed by atoms with Gasteiger partial charge in [0.05, 0.1) is 31.4 Å². The van der Waals surface area contributed by atoms with Crippen LogP contribution < -0.4 is 14.6 Å². The van der Waals surface area contributed by atoms with Crippen molar-refractivity contribution >= 4 is 16.9 Å². The predicted octanol–water partition coefficient (Wildman–Crippen LogP) is 2.42. The molecule has 3 rings (SSSR count). The van der Waals surface area contributed by atoms with Crippen LogP contribution in [0.5, 0.6) is 11.5 Å². The van der Waals surface area contributed by atoms with Gasteiger partial charge in [-0.05, 0) is 42.5 Å². The van der Waals surface area contributed by atoms with Gasteiger partial charge in [0.1, 0.15) is 5.82 Å². The van der Waals surface area contributed by atoms with Crippen molar-refractivity contribution in [1.29, 1.82) is 0 Å². The molecule has 0 aliphatic carbocycles. The van der Waals surface area contributed by atoms with E-state index in [9.17, 15) is 14.3 Å². The van der Waals surface area contributed by atoms with Crippen molar-refractivity contribution in [1.82, 2.24) is 4.98 Å². The zero-order chi connectivity index (χ0) is 17.3. The molecule has 0 aliphatic heterocycles. The smallest absolute Gasteiger partial charge is 0.161 e. The SMILES string of the molecule is COc1ccc(-c2cc(C(=O)[O-])c3cc(F)ccc3n2)cc1OC. The van der Waals surface area contributed by atoms with Crippen molar-refractivity contribution in [3.8, 4) is 22.8 Å². The van der Waals surface area contributed by atoms with Crippen LogP contribution in [0.4, 0.5) is 4.39 Å². The number of aromatic nitrogens is 1. The highest BCUT2D eigenvalue weighted by atomic mass is 19.1. The molecule has 122 valence electrons. The van der Waals surface area contributed by atoms with Crippen LogP contribution in [0.3, 0.4) is 0 Å². The summed E-state index contributed by atoms with van der Waals surface area (Å²) in [6.45, 7) is 0. The van der Waals surface area contributed by atoms with E-state index >= 15 is 0 Å². The van der Waals surface area contributed by atoms with Crippen LogP contribution in [0.15, 0.2) is 42.5 Å². The lowest BCUT2D eigenvalue weighted by atomic mass is 10.0. The van der Waals surface area contributed by atoms with Crippen molar-refractivity contribution in [2.45, 2.75) is 0 Å². The second-order valence-corrected chi connectivity index (χ2v) is 5.07. The van der Waals surface area contributed by atoms with Crippen LogP contribution in [-0.4, -0.2) is 25.2 Å². The molecule has 0 N–H and O–H groups in total. The molecule has 0 fully saturated rings. The molecule has 2 aromatic carbocycles. The lowest BCUT2D eigenvalue weighted by Gasteiger charge is -2.12. The maximum atomic E-state index is 13.4. The molecule has 1 heterocycles. The van der Waals surface area contributed by atoms with Gasteiger partial charge in [0.15, 0.2) is 11.5 Å². The molecule has 24 heavy (non-hydrogen) atoms. The number of halogens is 1. The fourth-order valence-corrected chi connectivity index (χ4v) is 2.51. The summed E-state index contributed by atoms with van der Waals surface area (Å²) >= 11 is 0. The number of carboxylic acid groups (broad SMARTS) is 1. The molecule has 5 nitrogen and oxygen atoms in total. The Labute approximate surface area is 137 Å². The zero-order valence-electron chi connectivity index (χ0n) is 13.0. The van der Waals surface area contributed by atoms with E-state index in [4.69, 9.17) is 9.47 Å². The van der Waals surface area contributed by atoms with Gasteiger partial charge in [-0.15, -0.1) is 0 Å². The molecule has 0 radical (unpaired) electrons. The number of fused-ring (bicyclic) bond motifs is 1. The first-order chi connectivity index (χ1) is 11.5. The largest absolute Gasteiger partial charge is 0.545 e. The van der Waals surface area contributed by atoms with E-state index in [1.54, 1.807) is 18.2 Å². The normalized spacial score (nSPS) is 10.6. The van der Waals surface area contributed by atoms with Crippen LogP contribution in [0.1, 0.15) is 10.4 Å². The fraction of sp³-hybridized carbons (Fsp3) is 0.111. The third-order valence-corrected chi connectivity index (χ3v) is 3.67. The summed E-state index contributed by atoms with van der Waals surface area (Å²) in [6, 6.07) is 10.3. The highest BCUT2D eigenvalue weighted by Gasteiger charge is 2.12. The number of hydrogen-bond donors (Lipinski definition) is 0. The molecule has 6 heteroatoms. The lowest BCUT2D eigenvalue weighted by Crippen LogP contribution is -2.22. The maximum Gasteiger partial charge on any atom is 0.161 e. The number of benzene rings is 2. The van der Waals surface area contributed by atoms with E-state index in [1.165, 1.54) is 32.4 Å². The van der Waals surface area contributed by atoms with Gasteiger partial charge in [0, 0.05) is 16.5 Å². The number of hydrogen-bond acceptors (Lipinski definition) is 5. The Balaban J connectivity index is 2.23. The Morgan fingerprint density at radius 3 is 2.46 bits per heavy atom. The van der Waals surface area contributed by atoms with Gasteiger partial charge in [0.25, 0.3) is 0 Å². The molecule has 3 aromatic rings. The van der Waals surface area contributed by atoms with E-state index in [-0.39, 0.29) is 10.9 Å². The summed E-state index contributed by atoms with van der Waals surface area (Å²) in [5, 5.41) is 11.6. The quantitative estimate of drug-likeness (QED) is 0.736. The number of methoxy groups -OCH3 is 2. The Morgan fingerprint density at radius 1 is 1.04 bits per heavy atom. The van der Waals surface area contributed by atoms with E-state index in [2.05, 4.69) is 4.98 Å². The van der Waals surface area contributed by atoms with E-state index in [1.807, 2.05) is 0 Å². The number of aromatic carboxylic acids is 1. The maximum absolute atomic E-state index is 13.4. The third-order valence-electron chi connectivity index (χ3n) is 3.67. The number of carbonyl (C=O) groups excluding carboxylic acids is 1. The van der Waals surface area contributed by atoms with Crippen molar-refractivity contribution in [3.05, 3.63) is 53.8 Å². The van der Waals surface area contributed by atoms with Gasteiger partial charge in [-0.1, -0.05) is 0 Å². The molecular weight excluding hydrogens is 313 g/mol. The number of carbonyl (C=O) groups is 1. The third kappa shape index (κ3) is 2.74. The van der Waals surface area contributed by atoms with Crippen molar-refractivity contribution in [2.24, 2.45) is 0 Å². The topological polar surface area (TPSA) is 71.5 Å². The Kier molecular flexibility index (Phi) is 4.04. The minimum Gasteiger partial charge on any atom is -0.545 e. The summed E-state index contributed by atoms with van der Waals surface area (Å²) < 4.78 is 23.8. The minimum atomic E-state index is -1.39.